The van der Waals surface area contributed by atoms with Crippen LogP contribution < -0.4 is 4.74 Å². The lowest BCUT2D eigenvalue weighted by Gasteiger charge is -2.26. The molecule has 5 nitrogen and oxygen atoms in total. The average Bonchev–Trinajstić information content (AvgIpc) is 3.08. The Kier molecular flexibility index (Phi) is 4.32. The van der Waals surface area contributed by atoms with Crippen LogP contribution in [0.5, 0.6) is 5.75 Å². The minimum atomic E-state index is -0.720. The van der Waals surface area contributed by atoms with Gasteiger partial charge in [0.2, 0.25) is 0 Å². The molecule has 1 aromatic rings. The number of carbonyl (C=O) groups excluding carboxylic acids is 2. The van der Waals surface area contributed by atoms with Gasteiger partial charge in [0.25, 0.3) is 5.91 Å². The number of esters is 1. The molecule has 2 unspecified atom stereocenters. The zero-order chi connectivity index (χ0) is 15.5. The first kappa shape index (κ1) is 14.9. The van der Waals surface area contributed by atoms with Gasteiger partial charge in [-0.25, -0.2) is 0 Å². The van der Waals surface area contributed by atoms with Gasteiger partial charge >= 0.3 is 5.97 Å². The zero-order valence-corrected chi connectivity index (χ0v) is 12.8. The molecule has 2 aliphatic heterocycles. The van der Waals surface area contributed by atoms with Gasteiger partial charge in [-0.3, -0.25) is 9.59 Å². The van der Waals surface area contributed by atoms with Crippen molar-refractivity contribution in [3.63, 3.8) is 0 Å². The van der Waals surface area contributed by atoms with Crippen molar-refractivity contribution < 1.29 is 19.1 Å². The van der Waals surface area contributed by atoms with Crippen molar-refractivity contribution in [3.8, 4) is 5.75 Å². The summed E-state index contributed by atoms with van der Waals surface area (Å²) in [5.41, 5.74) is 1.01. The van der Waals surface area contributed by atoms with Crippen molar-refractivity contribution in [2.45, 2.75) is 32.3 Å². The summed E-state index contributed by atoms with van der Waals surface area (Å²) in [6.07, 6.45) is 1.93. The van der Waals surface area contributed by atoms with Crippen LogP contribution in [0.2, 0.25) is 0 Å². The van der Waals surface area contributed by atoms with E-state index in [1.807, 2.05) is 24.3 Å². The van der Waals surface area contributed by atoms with Crippen LogP contribution in [0.25, 0.3) is 0 Å². The number of likely N-dealkylation sites (tertiary alicyclic amines) is 1. The summed E-state index contributed by atoms with van der Waals surface area (Å²) in [5.74, 6) is 0.0361. The van der Waals surface area contributed by atoms with Gasteiger partial charge in [0, 0.05) is 13.1 Å². The third-order valence-corrected chi connectivity index (χ3v) is 4.27. The number of fused-ring (bicyclic) bond motifs is 1. The lowest BCUT2D eigenvalue weighted by atomic mass is 9.97. The van der Waals surface area contributed by atoms with Gasteiger partial charge < -0.3 is 14.4 Å². The van der Waals surface area contributed by atoms with E-state index in [2.05, 4.69) is 0 Å². The monoisotopic (exact) mass is 303 g/mol. The first-order valence-corrected chi connectivity index (χ1v) is 7.85. The second-order valence-corrected chi connectivity index (χ2v) is 5.93. The number of benzene rings is 1. The second kappa shape index (κ2) is 6.38. The van der Waals surface area contributed by atoms with Gasteiger partial charge in [-0.15, -0.1) is 0 Å². The highest BCUT2D eigenvalue weighted by molar-refractivity contribution is 5.84. The van der Waals surface area contributed by atoms with E-state index in [0.717, 1.165) is 37.2 Å². The van der Waals surface area contributed by atoms with Crippen LogP contribution in [0.1, 0.15) is 25.3 Å². The Morgan fingerprint density at radius 3 is 2.77 bits per heavy atom. The van der Waals surface area contributed by atoms with Gasteiger partial charge in [-0.2, -0.15) is 0 Å². The minimum Gasteiger partial charge on any atom is -0.492 e. The fourth-order valence-corrected chi connectivity index (χ4v) is 2.99. The summed E-state index contributed by atoms with van der Waals surface area (Å²) in [7, 11) is 0. The Morgan fingerprint density at radius 2 is 2.00 bits per heavy atom. The molecule has 118 valence electrons. The van der Waals surface area contributed by atoms with Crippen molar-refractivity contribution in [1.29, 1.82) is 0 Å². The number of para-hydroxylation sites is 1. The molecule has 2 atom stereocenters. The molecular weight excluding hydrogens is 282 g/mol. The summed E-state index contributed by atoms with van der Waals surface area (Å²) in [4.78, 5) is 26.2. The van der Waals surface area contributed by atoms with Crippen LogP contribution in [0.3, 0.4) is 0 Å². The predicted octanol–water partition coefficient (Wildman–Crippen LogP) is 1.79. The Labute approximate surface area is 130 Å². The second-order valence-electron chi connectivity index (χ2n) is 5.93. The maximum absolute atomic E-state index is 12.3. The first-order valence-electron chi connectivity index (χ1n) is 7.85. The van der Waals surface area contributed by atoms with Crippen LogP contribution in [0.4, 0.5) is 0 Å². The van der Waals surface area contributed by atoms with Crippen LogP contribution in [-0.4, -0.2) is 42.6 Å². The number of rotatable bonds is 3. The first-order chi connectivity index (χ1) is 10.6. The highest BCUT2D eigenvalue weighted by Gasteiger charge is 2.31. The zero-order valence-electron chi connectivity index (χ0n) is 12.8. The summed E-state index contributed by atoms with van der Waals surface area (Å²) in [6.45, 7) is 3.48. The molecule has 0 aliphatic carbocycles. The Morgan fingerprint density at radius 1 is 1.27 bits per heavy atom. The molecule has 1 aromatic carbocycles. The Balaban J connectivity index is 1.57. The highest BCUT2D eigenvalue weighted by Crippen LogP contribution is 2.27. The van der Waals surface area contributed by atoms with Crippen molar-refractivity contribution in [2.24, 2.45) is 5.92 Å². The maximum Gasteiger partial charge on any atom is 0.313 e. The molecule has 0 spiro atoms. The summed E-state index contributed by atoms with van der Waals surface area (Å²) >= 11 is 0. The SMILES string of the molecule is CC(OC(=O)C1COc2ccccc2C1)C(=O)N1CCCC1. The number of amides is 1. The van der Waals surface area contributed by atoms with Gasteiger partial charge in [0.15, 0.2) is 6.10 Å². The average molecular weight is 303 g/mol. The van der Waals surface area contributed by atoms with Crippen LogP contribution in [0, 0.1) is 5.92 Å². The summed E-state index contributed by atoms with van der Waals surface area (Å²) < 4.78 is 11.0. The van der Waals surface area contributed by atoms with E-state index in [1.54, 1.807) is 11.8 Å². The quantitative estimate of drug-likeness (QED) is 0.799. The van der Waals surface area contributed by atoms with Crippen molar-refractivity contribution >= 4 is 11.9 Å². The standard InChI is InChI=1S/C17H21NO4/c1-12(16(19)18-8-4-5-9-18)22-17(20)14-10-13-6-2-3-7-15(13)21-11-14/h2-3,6-7,12,14H,4-5,8-11H2,1H3. The van der Waals surface area contributed by atoms with Gasteiger partial charge in [0.05, 0.1) is 5.92 Å². The van der Waals surface area contributed by atoms with E-state index in [4.69, 9.17) is 9.47 Å². The van der Waals surface area contributed by atoms with E-state index < -0.39 is 6.10 Å². The highest BCUT2D eigenvalue weighted by atomic mass is 16.6. The Bertz CT molecular complexity index is 566. The number of nitrogens with zero attached hydrogens (tertiary/aromatic N) is 1. The van der Waals surface area contributed by atoms with Gasteiger partial charge in [-0.1, -0.05) is 18.2 Å². The minimum absolute atomic E-state index is 0.0945. The maximum atomic E-state index is 12.3. The summed E-state index contributed by atoms with van der Waals surface area (Å²) in [6, 6.07) is 7.69. The molecule has 0 N–H and O–H groups in total. The molecule has 2 aliphatic rings. The lowest BCUT2D eigenvalue weighted by Crippen LogP contribution is -2.40. The summed E-state index contributed by atoms with van der Waals surface area (Å²) in [5, 5.41) is 0. The van der Waals surface area contributed by atoms with Crippen molar-refractivity contribution in [3.05, 3.63) is 29.8 Å². The van der Waals surface area contributed by atoms with Crippen LogP contribution >= 0.6 is 0 Å². The number of hydrogen-bond acceptors (Lipinski definition) is 4. The van der Waals surface area contributed by atoms with Crippen molar-refractivity contribution in [2.75, 3.05) is 19.7 Å². The van der Waals surface area contributed by atoms with E-state index >= 15 is 0 Å². The molecule has 2 heterocycles. The van der Waals surface area contributed by atoms with Gasteiger partial charge in [-0.05, 0) is 37.8 Å². The smallest absolute Gasteiger partial charge is 0.313 e. The molecule has 0 bridgehead atoms. The molecule has 3 rings (SSSR count). The topological polar surface area (TPSA) is 55.8 Å². The molecule has 0 radical (unpaired) electrons. The number of hydrogen-bond donors (Lipinski definition) is 0. The fraction of sp³-hybridized carbons (Fsp3) is 0.529. The van der Waals surface area contributed by atoms with E-state index in [-0.39, 0.29) is 17.8 Å². The number of ether oxygens (including phenoxy) is 2. The van der Waals surface area contributed by atoms with E-state index in [1.165, 1.54) is 0 Å². The largest absolute Gasteiger partial charge is 0.492 e. The third-order valence-electron chi connectivity index (χ3n) is 4.27. The Hall–Kier alpha value is -2.04. The molecule has 0 aromatic heterocycles. The third kappa shape index (κ3) is 3.08. The van der Waals surface area contributed by atoms with Gasteiger partial charge in [0.1, 0.15) is 12.4 Å². The molecule has 22 heavy (non-hydrogen) atoms. The normalized spacial score (nSPS) is 21.7. The van der Waals surface area contributed by atoms with E-state index in [9.17, 15) is 9.59 Å². The predicted molar refractivity (Wildman–Crippen MR) is 80.5 cm³/mol. The molecular formula is C17H21NO4. The number of carbonyl (C=O) groups is 2. The lowest BCUT2D eigenvalue weighted by molar-refractivity contribution is -0.163. The fourth-order valence-electron chi connectivity index (χ4n) is 2.99. The molecule has 1 amide bonds. The molecule has 0 saturated carbocycles. The van der Waals surface area contributed by atoms with Crippen LogP contribution in [-0.2, 0) is 20.7 Å². The molecule has 1 fully saturated rings. The van der Waals surface area contributed by atoms with E-state index in [0.29, 0.717) is 13.0 Å². The molecule has 1 saturated heterocycles. The van der Waals surface area contributed by atoms with Crippen molar-refractivity contribution in [1.82, 2.24) is 4.90 Å². The molecule has 5 heteroatoms. The van der Waals surface area contributed by atoms with Crippen LogP contribution in [0.15, 0.2) is 24.3 Å².